The van der Waals surface area contributed by atoms with Gasteiger partial charge < -0.3 is 15.7 Å². The van der Waals surface area contributed by atoms with Crippen molar-refractivity contribution in [1.82, 2.24) is 4.90 Å². The van der Waals surface area contributed by atoms with Crippen LogP contribution in [0.2, 0.25) is 0 Å². The summed E-state index contributed by atoms with van der Waals surface area (Å²) in [5, 5.41) is 8.85. The van der Waals surface area contributed by atoms with Crippen LogP contribution in [0, 0.1) is 5.41 Å². The van der Waals surface area contributed by atoms with Gasteiger partial charge in [-0.05, 0) is 37.6 Å². The van der Waals surface area contributed by atoms with Crippen LogP contribution in [0.1, 0.15) is 44.9 Å². The number of nitrogens with zero attached hydrogens (tertiary/aromatic N) is 1. The highest BCUT2D eigenvalue weighted by molar-refractivity contribution is 5.78. The molecule has 1 heterocycles. The Morgan fingerprint density at radius 2 is 2.06 bits per heavy atom. The van der Waals surface area contributed by atoms with E-state index in [-0.39, 0.29) is 23.8 Å². The van der Waals surface area contributed by atoms with Crippen LogP contribution in [0.25, 0.3) is 0 Å². The summed E-state index contributed by atoms with van der Waals surface area (Å²) in [7, 11) is 0. The Morgan fingerprint density at radius 3 is 2.56 bits per heavy atom. The second-order valence-corrected chi connectivity index (χ2v) is 5.72. The normalized spacial score (nSPS) is 25.8. The molecule has 1 atom stereocenters. The van der Waals surface area contributed by atoms with Gasteiger partial charge in [0.15, 0.2) is 0 Å². The molecule has 0 spiro atoms. The van der Waals surface area contributed by atoms with Crippen molar-refractivity contribution in [2.75, 3.05) is 13.1 Å². The lowest BCUT2D eigenvalue weighted by Gasteiger charge is -2.41. The van der Waals surface area contributed by atoms with Gasteiger partial charge in [0.2, 0.25) is 5.91 Å². The van der Waals surface area contributed by atoms with Crippen LogP contribution >= 0.6 is 0 Å². The second-order valence-electron chi connectivity index (χ2n) is 5.72. The number of amides is 1. The van der Waals surface area contributed by atoms with E-state index in [2.05, 4.69) is 0 Å². The van der Waals surface area contributed by atoms with Gasteiger partial charge in [0.1, 0.15) is 0 Å². The van der Waals surface area contributed by atoms with Crippen molar-refractivity contribution in [3.05, 3.63) is 0 Å². The third kappa shape index (κ3) is 2.66. The molecule has 2 fully saturated rings. The molecule has 102 valence electrons. The van der Waals surface area contributed by atoms with E-state index in [4.69, 9.17) is 10.8 Å². The van der Waals surface area contributed by atoms with E-state index in [1.807, 2.05) is 0 Å². The number of hydrogen-bond acceptors (Lipinski definition) is 3. The summed E-state index contributed by atoms with van der Waals surface area (Å²) < 4.78 is 0. The molecule has 2 aliphatic rings. The van der Waals surface area contributed by atoms with Gasteiger partial charge in [0.05, 0.1) is 6.42 Å². The first kappa shape index (κ1) is 13.3. The molecule has 1 unspecified atom stereocenters. The van der Waals surface area contributed by atoms with E-state index in [0.717, 1.165) is 32.1 Å². The Kier molecular flexibility index (Phi) is 3.90. The summed E-state index contributed by atoms with van der Waals surface area (Å²) in [5.74, 6) is -0.721. The molecule has 1 aliphatic heterocycles. The maximum absolute atomic E-state index is 12.3. The predicted octanol–water partition coefficient (Wildman–Crippen LogP) is 0.971. The standard InChI is InChI=1S/C13H22N2O3/c14-9-13(4-2-5-13)8-11(16)15-6-1-3-10(15)7-12(17)18/h10H,1-9,14H2,(H,17,18). The van der Waals surface area contributed by atoms with Crippen LogP contribution in [0.4, 0.5) is 0 Å². The topological polar surface area (TPSA) is 83.6 Å². The maximum Gasteiger partial charge on any atom is 0.305 e. The minimum atomic E-state index is -0.822. The monoisotopic (exact) mass is 254 g/mol. The average molecular weight is 254 g/mol. The molecular formula is C13H22N2O3. The third-order valence-corrected chi connectivity index (χ3v) is 4.48. The molecule has 5 nitrogen and oxygen atoms in total. The molecule has 1 amide bonds. The van der Waals surface area contributed by atoms with Crippen LogP contribution in [0.15, 0.2) is 0 Å². The van der Waals surface area contributed by atoms with Crippen molar-refractivity contribution in [3.8, 4) is 0 Å². The SMILES string of the molecule is NCC1(CC(=O)N2CCCC2CC(=O)O)CCC1. The quantitative estimate of drug-likeness (QED) is 0.765. The number of aliphatic carboxylic acids is 1. The number of likely N-dealkylation sites (tertiary alicyclic amines) is 1. The van der Waals surface area contributed by atoms with E-state index in [0.29, 0.717) is 19.5 Å². The van der Waals surface area contributed by atoms with Crippen molar-refractivity contribution in [3.63, 3.8) is 0 Å². The predicted molar refractivity (Wildman–Crippen MR) is 66.9 cm³/mol. The number of carboxylic acid groups (broad SMARTS) is 1. The number of rotatable bonds is 5. The zero-order chi connectivity index (χ0) is 13.2. The first-order chi connectivity index (χ1) is 8.56. The fourth-order valence-corrected chi connectivity index (χ4v) is 3.13. The van der Waals surface area contributed by atoms with Gasteiger partial charge in [-0.3, -0.25) is 9.59 Å². The Bertz CT molecular complexity index is 334. The minimum absolute atomic E-state index is 0.00739. The highest BCUT2D eigenvalue weighted by Crippen LogP contribution is 2.43. The van der Waals surface area contributed by atoms with Gasteiger partial charge in [0, 0.05) is 19.0 Å². The molecule has 0 aromatic heterocycles. The van der Waals surface area contributed by atoms with Crippen molar-refractivity contribution in [2.24, 2.45) is 11.1 Å². The van der Waals surface area contributed by atoms with Gasteiger partial charge in [-0.1, -0.05) is 6.42 Å². The molecule has 0 radical (unpaired) electrons. The lowest BCUT2D eigenvalue weighted by molar-refractivity contribution is -0.141. The van der Waals surface area contributed by atoms with E-state index in [9.17, 15) is 9.59 Å². The van der Waals surface area contributed by atoms with Crippen molar-refractivity contribution in [2.45, 2.75) is 51.0 Å². The molecular weight excluding hydrogens is 232 g/mol. The third-order valence-electron chi connectivity index (χ3n) is 4.48. The summed E-state index contributed by atoms with van der Waals surface area (Å²) in [6.45, 7) is 1.27. The highest BCUT2D eigenvalue weighted by Gasteiger charge is 2.40. The maximum atomic E-state index is 12.3. The first-order valence-electron chi connectivity index (χ1n) is 6.78. The number of carbonyl (C=O) groups excluding carboxylic acids is 1. The molecule has 3 N–H and O–H groups in total. The van der Waals surface area contributed by atoms with E-state index < -0.39 is 5.97 Å². The van der Waals surface area contributed by atoms with Crippen LogP contribution in [0.3, 0.4) is 0 Å². The number of hydrogen-bond donors (Lipinski definition) is 2. The summed E-state index contributed by atoms with van der Waals surface area (Å²) in [4.78, 5) is 24.8. The van der Waals surface area contributed by atoms with Gasteiger partial charge in [-0.25, -0.2) is 0 Å². The molecule has 1 aliphatic carbocycles. The average Bonchev–Trinajstić information content (AvgIpc) is 2.70. The molecule has 0 aromatic rings. The fraction of sp³-hybridized carbons (Fsp3) is 0.846. The molecule has 1 saturated carbocycles. The fourth-order valence-electron chi connectivity index (χ4n) is 3.13. The van der Waals surface area contributed by atoms with Crippen LogP contribution in [-0.2, 0) is 9.59 Å². The van der Waals surface area contributed by atoms with Gasteiger partial charge in [0.25, 0.3) is 0 Å². The zero-order valence-electron chi connectivity index (χ0n) is 10.7. The minimum Gasteiger partial charge on any atom is -0.481 e. The lowest BCUT2D eigenvalue weighted by Crippen LogP contribution is -2.45. The number of nitrogens with two attached hydrogens (primary N) is 1. The number of carbonyl (C=O) groups is 2. The smallest absolute Gasteiger partial charge is 0.305 e. The number of carboxylic acids is 1. The van der Waals surface area contributed by atoms with Crippen LogP contribution < -0.4 is 5.73 Å². The second kappa shape index (κ2) is 5.26. The Balaban J connectivity index is 1.93. The van der Waals surface area contributed by atoms with E-state index in [1.54, 1.807) is 4.90 Å². The summed E-state index contributed by atoms with van der Waals surface area (Å²) in [5.41, 5.74) is 5.77. The highest BCUT2D eigenvalue weighted by atomic mass is 16.4. The summed E-state index contributed by atoms with van der Waals surface area (Å²) in [6, 6.07) is -0.107. The lowest BCUT2D eigenvalue weighted by atomic mass is 9.66. The largest absolute Gasteiger partial charge is 0.481 e. The molecule has 2 rings (SSSR count). The summed E-state index contributed by atoms with van der Waals surface area (Å²) >= 11 is 0. The summed E-state index contributed by atoms with van der Waals surface area (Å²) in [6.07, 6.45) is 5.52. The van der Waals surface area contributed by atoms with Crippen LogP contribution in [0.5, 0.6) is 0 Å². The Hall–Kier alpha value is -1.10. The van der Waals surface area contributed by atoms with Gasteiger partial charge >= 0.3 is 5.97 Å². The van der Waals surface area contributed by atoms with Crippen LogP contribution in [-0.4, -0.2) is 41.0 Å². The van der Waals surface area contributed by atoms with E-state index in [1.165, 1.54) is 0 Å². The Morgan fingerprint density at radius 1 is 1.33 bits per heavy atom. The van der Waals surface area contributed by atoms with Crippen molar-refractivity contribution in [1.29, 1.82) is 0 Å². The van der Waals surface area contributed by atoms with Gasteiger partial charge in [-0.15, -0.1) is 0 Å². The van der Waals surface area contributed by atoms with Crippen molar-refractivity contribution < 1.29 is 14.7 Å². The molecule has 5 heteroatoms. The van der Waals surface area contributed by atoms with Gasteiger partial charge in [-0.2, -0.15) is 0 Å². The molecule has 0 aromatic carbocycles. The Labute approximate surface area is 107 Å². The molecule has 1 saturated heterocycles. The van der Waals surface area contributed by atoms with Crippen molar-refractivity contribution >= 4 is 11.9 Å². The van der Waals surface area contributed by atoms with E-state index >= 15 is 0 Å². The molecule has 0 bridgehead atoms. The molecule has 18 heavy (non-hydrogen) atoms. The first-order valence-corrected chi connectivity index (χ1v) is 6.78. The zero-order valence-corrected chi connectivity index (χ0v) is 10.7.